The highest BCUT2D eigenvalue weighted by atomic mass is 32.2. The Kier molecular flexibility index (Phi) is 4.08. The summed E-state index contributed by atoms with van der Waals surface area (Å²) in [6.07, 6.45) is 2.46. The Morgan fingerprint density at radius 3 is 2.90 bits per heavy atom. The first-order valence-electron chi connectivity index (χ1n) is 5.65. The van der Waals surface area contributed by atoms with Crippen molar-refractivity contribution in [3.05, 3.63) is 41.8 Å². The Morgan fingerprint density at radius 1 is 1.45 bits per heavy atom. The zero-order valence-corrected chi connectivity index (χ0v) is 11.4. The van der Waals surface area contributed by atoms with E-state index in [1.165, 1.54) is 18.5 Å². The molecular weight excluding hydrogens is 280 g/mol. The number of rotatable bonds is 3. The summed E-state index contributed by atoms with van der Waals surface area (Å²) in [5, 5.41) is 12.1. The fraction of sp³-hybridized carbons (Fsp3) is 0.154. The van der Waals surface area contributed by atoms with Crippen molar-refractivity contribution in [1.82, 2.24) is 5.16 Å². The Labute approximate surface area is 116 Å². The summed E-state index contributed by atoms with van der Waals surface area (Å²) in [6, 6.07) is 4.80. The van der Waals surface area contributed by atoms with Crippen molar-refractivity contribution in [2.45, 2.75) is 11.8 Å². The lowest BCUT2D eigenvalue weighted by atomic mass is 10.1. The second kappa shape index (κ2) is 5.77. The average Bonchev–Trinajstić information content (AvgIpc) is 2.89. The van der Waals surface area contributed by atoms with Crippen LogP contribution in [0.3, 0.4) is 0 Å². The predicted octanol–water partition coefficient (Wildman–Crippen LogP) is 1.13. The molecule has 0 aliphatic carbocycles. The van der Waals surface area contributed by atoms with Crippen LogP contribution in [0.25, 0.3) is 0 Å². The Balaban J connectivity index is 2.40. The van der Waals surface area contributed by atoms with Crippen LogP contribution in [0.2, 0.25) is 0 Å². The van der Waals surface area contributed by atoms with E-state index in [0.717, 1.165) is 0 Å². The molecule has 0 saturated carbocycles. The first kappa shape index (κ1) is 14.1. The van der Waals surface area contributed by atoms with Crippen molar-refractivity contribution in [2.24, 2.45) is 0 Å². The van der Waals surface area contributed by atoms with Crippen molar-refractivity contribution < 1.29 is 18.0 Å². The quantitative estimate of drug-likeness (QED) is 0.827. The van der Waals surface area contributed by atoms with Crippen molar-refractivity contribution in [3.8, 4) is 11.8 Å². The molecule has 0 radical (unpaired) electrons. The van der Waals surface area contributed by atoms with Crippen LogP contribution in [0, 0.1) is 18.8 Å². The molecule has 0 atom stereocenters. The van der Waals surface area contributed by atoms with Gasteiger partial charge >= 0.3 is 0 Å². The van der Waals surface area contributed by atoms with Crippen LogP contribution in [0.1, 0.15) is 11.1 Å². The molecule has 0 spiro atoms. The van der Waals surface area contributed by atoms with Gasteiger partial charge in [0, 0.05) is 5.56 Å². The minimum Gasteiger partial charge on any atom is -0.384 e. The highest BCUT2D eigenvalue weighted by Gasteiger charge is 2.18. The monoisotopic (exact) mass is 292 g/mol. The maximum absolute atomic E-state index is 12.3. The van der Waals surface area contributed by atoms with Crippen molar-refractivity contribution in [3.63, 3.8) is 0 Å². The minimum absolute atomic E-state index is 0.114. The molecule has 0 aliphatic rings. The SMILES string of the molecule is Cc1ccc(C#CCO)cc1S(=O)(=O)Nc1cnoc1. The number of nitrogens with zero attached hydrogens (tertiary/aromatic N) is 1. The van der Waals surface area contributed by atoms with Gasteiger partial charge in [-0.3, -0.25) is 4.72 Å². The fourth-order valence-electron chi connectivity index (χ4n) is 1.57. The molecule has 0 saturated heterocycles. The van der Waals surface area contributed by atoms with E-state index < -0.39 is 10.0 Å². The summed E-state index contributed by atoms with van der Waals surface area (Å²) < 4.78 is 31.5. The molecule has 1 aromatic heterocycles. The molecule has 7 heteroatoms. The lowest BCUT2D eigenvalue weighted by molar-refractivity contribution is 0.350. The van der Waals surface area contributed by atoms with Gasteiger partial charge in [-0.05, 0) is 24.6 Å². The molecule has 1 heterocycles. The number of aliphatic hydroxyl groups excluding tert-OH is 1. The standard InChI is InChI=1S/C13H12N2O4S/c1-10-4-5-11(3-2-6-16)7-13(10)20(17,18)15-12-8-14-19-9-12/h4-5,7-9,15-16H,6H2,1H3. The number of aromatic nitrogens is 1. The van der Waals surface area contributed by atoms with Gasteiger partial charge in [0.25, 0.3) is 10.0 Å². The summed E-state index contributed by atoms with van der Waals surface area (Å²) in [6.45, 7) is 1.40. The fourth-order valence-corrected chi connectivity index (χ4v) is 2.87. The van der Waals surface area contributed by atoms with Crippen molar-refractivity contribution in [2.75, 3.05) is 11.3 Å². The molecule has 6 nitrogen and oxygen atoms in total. The molecule has 104 valence electrons. The molecule has 0 bridgehead atoms. The normalized spacial score (nSPS) is 10.7. The minimum atomic E-state index is -3.74. The second-order valence-corrected chi connectivity index (χ2v) is 5.61. The van der Waals surface area contributed by atoms with Gasteiger partial charge in [-0.1, -0.05) is 23.1 Å². The summed E-state index contributed by atoms with van der Waals surface area (Å²) in [4.78, 5) is 0.114. The van der Waals surface area contributed by atoms with Gasteiger partial charge in [0.15, 0.2) is 0 Å². The van der Waals surface area contributed by atoms with Crippen LogP contribution >= 0.6 is 0 Å². The van der Waals surface area contributed by atoms with Crippen LogP contribution in [-0.4, -0.2) is 25.3 Å². The molecule has 20 heavy (non-hydrogen) atoms. The van der Waals surface area contributed by atoms with Gasteiger partial charge in [-0.15, -0.1) is 0 Å². The van der Waals surface area contributed by atoms with Crippen LogP contribution in [0.5, 0.6) is 0 Å². The lowest BCUT2D eigenvalue weighted by Gasteiger charge is -2.08. The smallest absolute Gasteiger partial charge is 0.262 e. The predicted molar refractivity (Wildman–Crippen MR) is 72.5 cm³/mol. The van der Waals surface area contributed by atoms with Crippen molar-refractivity contribution in [1.29, 1.82) is 0 Å². The van der Waals surface area contributed by atoms with E-state index in [0.29, 0.717) is 11.1 Å². The molecule has 0 aliphatic heterocycles. The van der Waals surface area contributed by atoms with E-state index in [9.17, 15) is 8.42 Å². The van der Waals surface area contributed by atoms with Crippen LogP contribution < -0.4 is 4.72 Å². The average molecular weight is 292 g/mol. The molecule has 2 rings (SSSR count). The van der Waals surface area contributed by atoms with Gasteiger partial charge in [-0.25, -0.2) is 8.42 Å². The van der Waals surface area contributed by atoms with E-state index in [2.05, 4.69) is 26.2 Å². The molecule has 0 amide bonds. The van der Waals surface area contributed by atoms with Crippen LogP contribution in [-0.2, 0) is 10.0 Å². The number of benzene rings is 1. The summed E-state index contributed by atoms with van der Waals surface area (Å²) in [5.41, 5.74) is 1.34. The topological polar surface area (TPSA) is 92.4 Å². The Morgan fingerprint density at radius 2 is 2.25 bits per heavy atom. The maximum atomic E-state index is 12.3. The molecule has 2 aromatic rings. The van der Waals surface area contributed by atoms with Gasteiger partial charge in [-0.2, -0.15) is 0 Å². The third kappa shape index (κ3) is 3.17. The van der Waals surface area contributed by atoms with Gasteiger partial charge in [0.05, 0.1) is 11.1 Å². The zero-order chi connectivity index (χ0) is 14.6. The highest BCUT2D eigenvalue weighted by Crippen LogP contribution is 2.20. The maximum Gasteiger partial charge on any atom is 0.262 e. The zero-order valence-electron chi connectivity index (χ0n) is 10.6. The van der Waals surface area contributed by atoms with Gasteiger partial charge in [0.2, 0.25) is 0 Å². The molecule has 0 unspecified atom stereocenters. The van der Waals surface area contributed by atoms with Crippen molar-refractivity contribution >= 4 is 15.7 Å². The van der Waals surface area contributed by atoms with E-state index in [-0.39, 0.29) is 17.2 Å². The van der Waals surface area contributed by atoms with E-state index in [4.69, 9.17) is 5.11 Å². The summed E-state index contributed by atoms with van der Waals surface area (Å²) >= 11 is 0. The molecule has 1 aromatic carbocycles. The molecule has 0 fully saturated rings. The number of anilines is 1. The van der Waals surface area contributed by atoms with E-state index in [1.807, 2.05) is 0 Å². The van der Waals surface area contributed by atoms with E-state index >= 15 is 0 Å². The van der Waals surface area contributed by atoms with Gasteiger partial charge < -0.3 is 9.63 Å². The first-order valence-corrected chi connectivity index (χ1v) is 7.14. The van der Waals surface area contributed by atoms with Crippen LogP contribution in [0.15, 0.2) is 40.1 Å². The number of aliphatic hydroxyl groups is 1. The Bertz CT molecular complexity index is 755. The highest BCUT2D eigenvalue weighted by molar-refractivity contribution is 7.92. The van der Waals surface area contributed by atoms with E-state index in [1.54, 1.807) is 19.1 Å². The summed E-state index contributed by atoms with van der Waals surface area (Å²) in [7, 11) is -3.74. The Hall–Kier alpha value is -2.30. The largest absolute Gasteiger partial charge is 0.384 e. The number of sulfonamides is 1. The molecule has 2 N–H and O–H groups in total. The number of hydrogen-bond acceptors (Lipinski definition) is 5. The lowest BCUT2D eigenvalue weighted by Crippen LogP contribution is -2.14. The molecular formula is C13H12N2O4S. The number of nitrogens with one attached hydrogen (secondary N) is 1. The second-order valence-electron chi connectivity index (χ2n) is 3.96. The third-order valence-corrected chi connectivity index (χ3v) is 4.00. The van der Waals surface area contributed by atoms with Crippen LogP contribution in [0.4, 0.5) is 5.69 Å². The number of aryl methyl sites for hydroxylation is 1. The van der Waals surface area contributed by atoms with Gasteiger partial charge in [0.1, 0.15) is 18.6 Å². The summed E-state index contributed by atoms with van der Waals surface area (Å²) in [5.74, 6) is 5.14. The first-order chi connectivity index (χ1) is 9.53. The number of hydrogen-bond donors (Lipinski definition) is 2. The third-order valence-electron chi connectivity index (χ3n) is 2.47.